The summed E-state index contributed by atoms with van der Waals surface area (Å²) < 4.78 is 0.997. The summed E-state index contributed by atoms with van der Waals surface area (Å²) in [6.45, 7) is 3.36. The van der Waals surface area contributed by atoms with Crippen LogP contribution in [0.15, 0.2) is 16.7 Å². The van der Waals surface area contributed by atoms with Gasteiger partial charge in [0.05, 0.1) is 5.88 Å². The third-order valence-corrected chi connectivity index (χ3v) is 3.85. The Balaban J connectivity index is 2.30. The number of aromatic nitrogens is 1. The van der Waals surface area contributed by atoms with Crippen LogP contribution in [-0.2, 0) is 5.88 Å². The minimum absolute atomic E-state index is 0.519. The number of pyridine rings is 1. The van der Waals surface area contributed by atoms with Gasteiger partial charge in [0.1, 0.15) is 5.82 Å². The van der Waals surface area contributed by atoms with Crippen molar-refractivity contribution < 1.29 is 0 Å². The summed E-state index contributed by atoms with van der Waals surface area (Å²) in [6, 6.07) is 2.64. The van der Waals surface area contributed by atoms with Crippen molar-refractivity contribution >= 4 is 33.3 Å². The van der Waals surface area contributed by atoms with Gasteiger partial charge in [-0.2, -0.15) is 0 Å². The van der Waals surface area contributed by atoms with Gasteiger partial charge in [-0.25, -0.2) is 4.98 Å². The molecule has 1 aromatic heterocycles. The van der Waals surface area contributed by atoms with Gasteiger partial charge in [0, 0.05) is 28.8 Å². The van der Waals surface area contributed by atoms with Gasteiger partial charge in [0.15, 0.2) is 0 Å². The lowest BCUT2D eigenvalue weighted by Crippen LogP contribution is -2.38. The molecule has 0 N–H and O–H groups in total. The summed E-state index contributed by atoms with van der Waals surface area (Å²) in [5.41, 5.74) is 1.12. The smallest absolute Gasteiger partial charge is 0.133 e. The molecule has 0 aliphatic carbocycles. The van der Waals surface area contributed by atoms with Crippen LogP contribution in [0.5, 0.6) is 0 Å². The lowest BCUT2D eigenvalue weighted by atomic mass is 10.0. The van der Waals surface area contributed by atoms with Crippen LogP contribution in [0.4, 0.5) is 5.82 Å². The first-order valence-corrected chi connectivity index (χ1v) is 7.02. The molecule has 0 bridgehead atoms. The van der Waals surface area contributed by atoms with E-state index in [2.05, 4.69) is 38.8 Å². The monoisotopic (exact) mass is 302 g/mol. The van der Waals surface area contributed by atoms with Crippen LogP contribution in [0.25, 0.3) is 0 Å². The lowest BCUT2D eigenvalue weighted by Gasteiger charge is -2.35. The summed E-state index contributed by atoms with van der Waals surface area (Å²) in [6.07, 6.45) is 5.68. The van der Waals surface area contributed by atoms with Crippen molar-refractivity contribution in [2.45, 2.75) is 38.1 Å². The van der Waals surface area contributed by atoms with Gasteiger partial charge in [0.2, 0.25) is 0 Å². The molecule has 1 atom stereocenters. The quantitative estimate of drug-likeness (QED) is 0.769. The highest BCUT2D eigenvalue weighted by Crippen LogP contribution is 2.28. The Morgan fingerprint density at radius 3 is 3.06 bits per heavy atom. The molecule has 16 heavy (non-hydrogen) atoms. The second kappa shape index (κ2) is 5.37. The Morgan fingerprint density at radius 2 is 2.38 bits per heavy atom. The Kier molecular flexibility index (Phi) is 4.09. The lowest BCUT2D eigenvalue weighted by molar-refractivity contribution is 0.480. The molecule has 0 amide bonds. The molecule has 1 aromatic rings. The molecule has 2 nitrogen and oxygen atoms in total. The predicted octanol–water partition coefficient (Wildman–Crippen LogP) is 3.96. The molecule has 0 aromatic carbocycles. The van der Waals surface area contributed by atoms with Crippen molar-refractivity contribution in [1.82, 2.24) is 4.98 Å². The summed E-state index contributed by atoms with van der Waals surface area (Å²) in [5.74, 6) is 1.58. The molecule has 88 valence electrons. The molecule has 2 rings (SSSR count). The zero-order chi connectivity index (χ0) is 11.5. The van der Waals surface area contributed by atoms with E-state index < -0.39 is 0 Å². The van der Waals surface area contributed by atoms with Gasteiger partial charge in [-0.15, -0.1) is 11.6 Å². The van der Waals surface area contributed by atoms with Crippen molar-refractivity contribution in [3.05, 3.63) is 22.3 Å². The predicted molar refractivity (Wildman–Crippen MR) is 72.2 cm³/mol. The number of rotatable bonds is 2. The average Bonchev–Trinajstić information content (AvgIpc) is 2.30. The Morgan fingerprint density at radius 1 is 1.56 bits per heavy atom. The van der Waals surface area contributed by atoms with Crippen molar-refractivity contribution in [1.29, 1.82) is 0 Å². The van der Waals surface area contributed by atoms with E-state index in [1.165, 1.54) is 19.3 Å². The van der Waals surface area contributed by atoms with E-state index in [0.717, 1.165) is 22.4 Å². The van der Waals surface area contributed by atoms with E-state index in [1.54, 1.807) is 0 Å². The van der Waals surface area contributed by atoms with E-state index in [0.29, 0.717) is 11.9 Å². The fraction of sp³-hybridized carbons (Fsp3) is 0.583. The van der Waals surface area contributed by atoms with E-state index in [9.17, 15) is 0 Å². The Hall–Kier alpha value is -0.280. The van der Waals surface area contributed by atoms with Crippen LogP contribution < -0.4 is 4.90 Å². The van der Waals surface area contributed by atoms with Gasteiger partial charge in [-0.1, -0.05) is 0 Å². The maximum absolute atomic E-state index is 5.98. The first-order valence-electron chi connectivity index (χ1n) is 5.69. The molecule has 1 aliphatic rings. The number of hydrogen-bond acceptors (Lipinski definition) is 2. The third kappa shape index (κ3) is 2.51. The highest BCUT2D eigenvalue weighted by molar-refractivity contribution is 9.10. The van der Waals surface area contributed by atoms with E-state index in [4.69, 9.17) is 11.6 Å². The minimum atomic E-state index is 0.519. The number of hydrogen-bond donors (Lipinski definition) is 0. The molecule has 1 unspecified atom stereocenters. The van der Waals surface area contributed by atoms with Gasteiger partial charge in [-0.3, -0.25) is 0 Å². The molecule has 0 saturated carbocycles. The number of alkyl halides is 1. The van der Waals surface area contributed by atoms with Gasteiger partial charge in [0.25, 0.3) is 0 Å². The van der Waals surface area contributed by atoms with E-state index in [1.807, 2.05) is 6.20 Å². The fourth-order valence-corrected chi connectivity index (χ4v) is 2.82. The standard InChI is InChI=1S/C12H16BrClN2/c1-9-4-2-3-5-16(9)12-10(7-14)6-11(13)8-15-12/h6,8-9H,2-5,7H2,1H3. The summed E-state index contributed by atoms with van der Waals surface area (Å²) in [5, 5.41) is 0. The van der Waals surface area contributed by atoms with Crippen LogP contribution in [0.2, 0.25) is 0 Å². The normalized spacial score (nSPS) is 21.2. The van der Waals surface area contributed by atoms with Crippen molar-refractivity contribution in [2.24, 2.45) is 0 Å². The first-order chi connectivity index (χ1) is 7.72. The largest absolute Gasteiger partial charge is 0.354 e. The van der Waals surface area contributed by atoms with Crippen molar-refractivity contribution in [2.75, 3.05) is 11.4 Å². The molecule has 4 heteroatoms. The molecule has 2 heterocycles. The van der Waals surface area contributed by atoms with Crippen molar-refractivity contribution in [3.63, 3.8) is 0 Å². The summed E-state index contributed by atoms with van der Waals surface area (Å²) in [7, 11) is 0. The zero-order valence-corrected chi connectivity index (χ0v) is 11.8. The first kappa shape index (κ1) is 12.2. The number of halogens is 2. The second-order valence-corrected chi connectivity index (χ2v) is 5.49. The number of anilines is 1. The van der Waals surface area contributed by atoms with Gasteiger partial charge < -0.3 is 4.90 Å². The maximum atomic E-state index is 5.98. The van der Waals surface area contributed by atoms with Crippen LogP contribution in [0.1, 0.15) is 31.7 Å². The molecule has 0 radical (unpaired) electrons. The average molecular weight is 304 g/mol. The minimum Gasteiger partial charge on any atom is -0.354 e. The van der Waals surface area contributed by atoms with Crippen LogP contribution >= 0.6 is 27.5 Å². The summed E-state index contributed by atoms with van der Waals surface area (Å²) in [4.78, 5) is 6.90. The Bertz CT molecular complexity index is 370. The fourth-order valence-electron chi connectivity index (χ4n) is 2.24. The van der Waals surface area contributed by atoms with Gasteiger partial charge in [-0.05, 0) is 48.2 Å². The van der Waals surface area contributed by atoms with Crippen LogP contribution in [0, 0.1) is 0 Å². The highest BCUT2D eigenvalue weighted by Gasteiger charge is 2.21. The highest BCUT2D eigenvalue weighted by atomic mass is 79.9. The zero-order valence-electron chi connectivity index (χ0n) is 9.42. The van der Waals surface area contributed by atoms with Crippen LogP contribution in [0.3, 0.4) is 0 Å². The molecule has 1 saturated heterocycles. The van der Waals surface area contributed by atoms with E-state index in [-0.39, 0.29) is 0 Å². The SMILES string of the molecule is CC1CCCCN1c1ncc(Br)cc1CCl. The van der Waals surface area contributed by atoms with E-state index >= 15 is 0 Å². The van der Waals surface area contributed by atoms with Crippen LogP contribution in [-0.4, -0.2) is 17.6 Å². The van der Waals surface area contributed by atoms with Crippen molar-refractivity contribution in [3.8, 4) is 0 Å². The third-order valence-electron chi connectivity index (χ3n) is 3.13. The Labute approximate surface area is 110 Å². The maximum Gasteiger partial charge on any atom is 0.133 e. The molecule has 1 aliphatic heterocycles. The molecule has 1 fully saturated rings. The molecular formula is C12H16BrClN2. The summed E-state index contributed by atoms with van der Waals surface area (Å²) >= 11 is 9.42. The topological polar surface area (TPSA) is 16.1 Å². The second-order valence-electron chi connectivity index (χ2n) is 4.31. The van der Waals surface area contributed by atoms with Gasteiger partial charge >= 0.3 is 0 Å². The molecule has 0 spiro atoms. The molecular weight excluding hydrogens is 288 g/mol. The number of piperidine rings is 1. The number of nitrogens with zero attached hydrogens (tertiary/aromatic N) is 2.